The van der Waals surface area contributed by atoms with Crippen LogP contribution in [0.4, 0.5) is 4.39 Å². The lowest BCUT2D eigenvalue weighted by atomic mass is 10.1. The maximum Gasteiger partial charge on any atom is 0.310 e. The van der Waals surface area contributed by atoms with Crippen molar-refractivity contribution in [3.8, 4) is 11.5 Å². The Morgan fingerprint density at radius 3 is 2.30 bits per heavy atom. The van der Waals surface area contributed by atoms with E-state index in [9.17, 15) is 14.0 Å². The van der Waals surface area contributed by atoms with Crippen molar-refractivity contribution in [3.63, 3.8) is 0 Å². The Morgan fingerprint density at radius 2 is 1.63 bits per heavy atom. The van der Waals surface area contributed by atoms with Crippen LogP contribution in [0.5, 0.6) is 11.5 Å². The van der Waals surface area contributed by atoms with E-state index in [1.165, 1.54) is 26.4 Å². The van der Waals surface area contributed by atoms with E-state index in [4.69, 9.17) is 14.2 Å². The van der Waals surface area contributed by atoms with E-state index in [1.807, 2.05) is 0 Å². The van der Waals surface area contributed by atoms with Crippen molar-refractivity contribution in [3.05, 3.63) is 59.4 Å². The van der Waals surface area contributed by atoms with Gasteiger partial charge in [-0.05, 0) is 41.8 Å². The fourth-order valence-electron chi connectivity index (χ4n) is 2.40. The fraction of sp³-hybridized carbons (Fsp3) is 0.300. The highest BCUT2D eigenvalue weighted by Crippen LogP contribution is 2.27. The van der Waals surface area contributed by atoms with E-state index in [-0.39, 0.29) is 18.8 Å². The summed E-state index contributed by atoms with van der Waals surface area (Å²) in [5.41, 5.74) is 1.59. The third-order valence-corrected chi connectivity index (χ3v) is 3.81. The molecule has 0 heterocycles. The summed E-state index contributed by atoms with van der Waals surface area (Å²) in [5, 5.41) is 2.65. The van der Waals surface area contributed by atoms with Crippen molar-refractivity contribution < 1.29 is 28.2 Å². The molecule has 0 aliphatic carbocycles. The van der Waals surface area contributed by atoms with E-state index in [0.717, 1.165) is 5.56 Å². The Labute approximate surface area is 157 Å². The van der Waals surface area contributed by atoms with Crippen molar-refractivity contribution in [2.24, 2.45) is 0 Å². The Kier molecular flexibility index (Phi) is 7.61. The molecule has 6 nitrogen and oxygen atoms in total. The van der Waals surface area contributed by atoms with Crippen molar-refractivity contribution in [1.29, 1.82) is 0 Å². The first kappa shape index (κ1) is 20.2. The summed E-state index contributed by atoms with van der Waals surface area (Å²) in [6.45, 7) is 0.0211. The number of carbonyl (C=O) groups excluding carboxylic acids is 2. The maximum atomic E-state index is 12.8. The quantitative estimate of drug-likeness (QED) is 0.681. The number of carbonyl (C=O) groups is 2. The average molecular weight is 375 g/mol. The first-order valence-electron chi connectivity index (χ1n) is 8.39. The van der Waals surface area contributed by atoms with Crippen molar-refractivity contribution in [2.45, 2.75) is 12.8 Å². The number of halogens is 1. The Hall–Kier alpha value is -3.09. The smallest absolute Gasteiger partial charge is 0.310 e. The van der Waals surface area contributed by atoms with Gasteiger partial charge in [0.25, 0.3) is 5.91 Å². The predicted molar refractivity (Wildman–Crippen MR) is 97.3 cm³/mol. The van der Waals surface area contributed by atoms with Gasteiger partial charge < -0.3 is 19.5 Å². The third-order valence-electron chi connectivity index (χ3n) is 3.81. The van der Waals surface area contributed by atoms with Gasteiger partial charge in [0.1, 0.15) is 5.82 Å². The second kappa shape index (κ2) is 10.2. The van der Waals surface area contributed by atoms with Crippen LogP contribution in [-0.4, -0.2) is 39.2 Å². The van der Waals surface area contributed by atoms with E-state index >= 15 is 0 Å². The van der Waals surface area contributed by atoms with Crippen molar-refractivity contribution >= 4 is 11.9 Å². The number of rotatable bonds is 9. The van der Waals surface area contributed by atoms with E-state index in [0.29, 0.717) is 30.0 Å². The molecule has 0 fully saturated rings. The van der Waals surface area contributed by atoms with E-state index in [2.05, 4.69) is 5.32 Å². The van der Waals surface area contributed by atoms with Gasteiger partial charge in [0, 0.05) is 6.54 Å². The van der Waals surface area contributed by atoms with Crippen LogP contribution in [0.1, 0.15) is 11.1 Å². The van der Waals surface area contributed by atoms with Gasteiger partial charge in [-0.3, -0.25) is 9.59 Å². The molecule has 2 aromatic carbocycles. The molecule has 0 spiro atoms. The van der Waals surface area contributed by atoms with Crippen LogP contribution in [0.15, 0.2) is 42.5 Å². The number of esters is 1. The molecule has 27 heavy (non-hydrogen) atoms. The zero-order chi connectivity index (χ0) is 19.6. The highest BCUT2D eigenvalue weighted by molar-refractivity contribution is 5.81. The minimum Gasteiger partial charge on any atom is -0.493 e. The molecule has 0 aliphatic heterocycles. The summed E-state index contributed by atoms with van der Waals surface area (Å²) in [7, 11) is 3.04. The molecule has 0 unspecified atom stereocenters. The summed E-state index contributed by atoms with van der Waals surface area (Å²) in [6, 6.07) is 11.2. The zero-order valence-corrected chi connectivity index (χ0v) is 15.3. The summed E-state index contributed by atoms with van der Waals surface area (Å²) >= 11 is 0. The number of hydrogen-bond acceptors (Lipinski definition) is 5. The molecule has 1 N–H and O–H groups in total. The van der Waals surface area contributed by atoms with Gasteiger partial charge in [-0.1, -0.05) is 18.2 Å². The molecule has 0 bridgehead atoms. The highest BCUT2D eigenvalue weighted by Gasteiger charge is 2.11. The van der Waals surface area contributed by atoms with Gasteiger partial charge in [0.05, 0.1) is 20.6 Å². The van der Waals surface area contributed by atoms with E-state index in [1.54, 1.807) is 30.3 Å². The van der Waals surface area contributed by atoms with Gasteiger partial charge >= 0.3 is 5.97 Å². The van der Waals surface area contributed by atoms with Crippen LogP contribution in [0, 0.1) is 5.82 Å². The summed E-state index contributed by atoms with van der Waals surface area (Å²) in [6.07, 6.45) is 0.578. The number of nitrogens with one attached hydrogen (secondary N) is 1. The molecule has 2 rings (SSSR count). The lowest BCUT2D eigenvalue weighted by Gasteiger charge is -2.10. The lowest BCUT2D eigenvalue weighted by Crippen LogP contribution is -2.30. The van der Waals surface area contributed by atoms with Gasteiger partial charge in [-0.25, -0.2) is 4.39 Å². The van der Waals surface area contributed by atoms with Crippen LogP contribution in [-0.2, 0) is 27.2 Å². The second-order valence-electron chi connectivity index (χ2n) is 5.75. The standard InChI is InChI=1S/C20H22FNO5/c1-25-17-8-5-15(11-18(17)26-2)12-20(24)27-13-19(23)22-10-9-14-3-6-16(21)7-4-14/h3-8,11H,9-10,12-13H2,1-2H3,(H,22,23). The molecule has 0 atom stereocenters. The maximum absolute atomic E-state index is 12.8. The minimum absolute atomic E-state index is 0.0171. The Morgan fingerprint density at radius 1 is 0.963 bits per heavy atom. The molecular weight excluding hydrogens is 353 g/mol. The third kappa shape index (κ3) is 6.62. The number of methoxy groups -OCH3 is 2. The molecule has 1 amide bonds. The Balaban J connectivity index is 1.71. The number of benzene rings is 2. The monoisotopic (exact) mass is 375 g/mol. The van der Waals surface area contributed by atoms with E-state index < -0.39 is 11.9 Å². The number of amides is 1. The Bertz CT molecular complexity index is 776. The molecular formula is C20H22FNO5. The van der Waals surface area contributed by atoms with Gasteiger partial charge in [-0.15, -0.1) is 0 Å². The lowest BCUT2D eigenvalue weighted by molar-refractivity contribution is -0.147. The highest BCUT2D eigenvalue weighted by atomic mass is 19.1. The fourth-order valence-corrected chi connectivity index (χ4v) is 2.40. The predicted octanol–water partition coefficient (Wildman–Crippen LogP) is 2.29. The van der Waals surface area contributed by atoms with Crippen LogP contribution in [0.25, 0.3) is 0 Å². The van der Waals surface area contributed by atoms with Crippen molar-refractivity contribution in [1.82, 2.24) is 5.32 Å². The summed E-state index contributed by atoms with van der Waals surface area (Å²) < 4.78 is 28.1. The van der Waals surface area contributed by atoms with Gasteiger partial charge in [0.2, 0.25) is 0 Å². The normalized spacial score (nSPS) is 10.2. The number of ether oxygens (including phenoxy) is 3. The second-order valence-corrected chi connectivity index (χ2v) is 5.75. The zero-order valence-electron chi connectivity index (χ0n) is 15.3. The summed E-state index contributed by atoms with van der Waals surface area (Å²) in [5.74, 6) is -0.130. The molecule has 0 radical (unpaired) electrons. The average Bonchev–Trinajstić information content (AvgIpc) is 2.67. The minimum atomic E-state index is -0.518. The SMILES string of the molecule is COc1ccc(CC(=O)OCC(=O)NCCc2ccc(F)cc2)cc1OC. The van der Waals surface area contributed by atoms with Gasteiger partial charge in [0.15, 0.2) is 18.1 Å². The largest absolute Gasteiger partial charge is 0.493 e. The molecule has 7 heteroatoms. The van der Waals surface area contributed by atoms with Crippen LogP contribution in [0.2, 0.25) is 0 Å². The van der Waals surface area contributed by atoms with Crippen molar-refractivity contribution in [2.75, 3.05) is 27.4 Å². The molecule has 0 saturated heterocycles. The molecule has 144 valence electrons. The molecule has 0 saturated carbocycles. The molecule has 0 aliphatic rings. The molecule has 0 aromatic heterocycles. The first-order chi connectivity index (χ1) is 13.0. The topological polar surface area (TPSA) is 73.9 Å². The summed E-state index contributed by atoms with van der Waals surface area (Å²) in [4.78, 5) is 23.6. The van der Waals surface area contributed by atoms with Crippen LogP contribution < -0.4 is 14.8 Å². The van der Waals surface area contributed by atoms with Crippen LogP contribution >= 0.6 is 0 Å². The number of hydrogen-bond donors (Lipinski definition) is 1. The van der Waals surface area contributed by atoms with Crippen LogP contribution in [0.3, 0.4) is 0 Å². The van der Waals surface area contributed by atoms with Gasteiger partial charge in [-0.2, -0.15) is 0 Å². The first-order valence-corrected chi connectivity index (χ1v) is 8.39. The molecule has 2 aromatic rings.